The fourth-order valence-electron chi connectivity index (χ4n) is 3.33. The Morgan fingerprint density at radius 1 is 1.06 bits per heavy atom. The molecule has 172 valence electrons. The summed E-state index contributed by atoms with van der Waals surface area (Å²) in [6.07, 6.45) is 1.47. The average molecular weight is 524 g/mol. The maximum absolute atomic E-state index is 12.8. The van der Waals surface area contributed by atoms with Crippen LogP contribution in [0.1, 0.15) is 11.1 Å². The van der Waals surface area contributed by atoms with Crippen LogP contribution in [-0.2, 0) is 16.2 Å². The molecule has 2 amide bonds. The van der Waals surface area contributed by atoms with Crippen LogP contribution in [0.4, 0.5) is 11.4 Å². The van der Waals surface area contributed by atoms with Crippen LogP contribution in [0.2, 0.25) is 0 Å². The molecule has 0 aliphatic carbocycles. The van der Waals surface area contributed by atoms with E-state index < -0.39 is 16.7 Å². The Morgan fingerprint density at radius 3 is 2.53 bits per heavy atom. The number of carbonyl (C=O) groups excluding carboxylic acids is 2. The number of amides is 2. The fourth-order valence-corrected chi connectivity index (χ4v) is 3.76. The molecule has 0 aromatic heterocycles. The summed E-state index contributed by atoms with van der Waals surface area (Å²) in [5.74, 6) is -0.249. The van der Waals surface area contributed by atoms with Crippen molar-refractivity contribution in [2.75, 3.05) is 12.1 Å². The number of benzene rings is 3. The highest BCUT2D eigenvalue weighted by Crippen LogP contribution is 2.36. The molecule has 0 radical (unpaired) electrons. The second-order valence-electron chi connectivity index (χ2n) is 7.22. The van der Waals surface area contributed by atoms with Crippen LogP contribution in [0.3, 0.4) is 0 Å². The first-order valence-corrected chi connectivity index (χ1v) is 10.8. The Morgan fingerprint density at radius 2 is 1.82 bits per heavy atom. The summed E-state index contributed by atoms with van der Waals surface area (Å²) >= 11 is 3.45. The summed E-state index contributed by atoms with van der Waals surface area (Å²) in [5.41, 5.74) is 4.20. The molecule has 4 rings (SSSR count). The molecule has 34 heavy (non-hydrogen) atoms. The van der Waals surface area contributed by atoms with Gasteiger partial charge in [-0.1, -0.05) is 46.3 Å². The first-order valence-electron chi connectivity index (χ1n) is 10.0. The summed E-state index contributed by atoms with van der Waals surface area (Å²) in [5, 5.41) is 12.2. The zero-order chi connectivity index (χ0) is 24.2. The molecule has 1 aliphatic rings. The van der Waals surface area contributed by atoms with Crippen molar-refractivity contribution in [3.8, 4) is 11.5 Å². The number of nitrogens with zero attached hydrogens (tertiary/aromatic N) is 2. The maximum atomic E-state index is 12.8. The van der Waals surface area contributed by atoms with Crippen molar-refractivity contribution < 1.29 is 24.0 Å². The lowest BCUT2D eigenvalue weighted by Crippen LogP contribution is -2.35. The number of hydrazine groups is 1. The zero-order valence-electron chi connectivity index (χ0n) is 17.9. The van der Waals surface area contributed by atoms with Crippen molar-refractivity contribution in [3.05, 3.63) is 98.0 Å². The van der Waals surface area contributed by atoms with Crippen molar-refractivity contribution in [3.63, 3.8) is 0 Å². The Kier molecular flexibility index (Phi) is 6.60. The van der Waals surface area contributed by atoms with Crippen molar-refractivity contribution >= 4 is 45.2 Å². The average Bonchev–Trinajstić information content (AvgIpc) is 3.13. The molecule has 1 N–H and O–H groups in total. The molecular formula is C24H18BrN3O6. The number of methoxy groups -OCH3 is 1. The molecule has 0 saturated carbocycles. The SMILES string of the molecule is COc1cc(/C=C2/C(=O)NN(c3ccccc3)C2=O)c(Br)cc1OCc1cccc([N+](=O)[O-])c1. The van der Waals surface area contributed by atoms with Crippen LogP contribution >= 0.6 is 15.9 Å². The molecule has 0 unspecified atom stereocenters. The normalized spacial score (nSPS) is 14.3. The van der Waals surface area contributed by atoms with E-state index in [1.807, 2.05) is 6.07 Å². The topological polar surface area (TPSA) is 111 Å². The highest BCUT2D eigenvalue weighted by atomic mass is 79.9. The van der Waals surface area contributed by atoms with Crippen LogP contribution in [-0.4, -0.2) is 23.8 Å². The van der Waals surface area contributed by atoms with E-state index in [2.05, 4.69) is 21.4 Å². The van der Waals surface area contributed by atoms with Gasteiger partial charge < -0.3 is 9.47 Å². The summed E-state index contributed by atoms with van der Waals surface area (Å²) in [7, 11) is 1.46. The van der Waals surface area contributed by atoms with Crippen LogP contribution in [0.5, 0.6) is 11.5 Å². The minimum atomic E-state index is -0.522. The van der Waals surface area contributed by atoms with Gasteiger partial charge in [0.2, 0.25) is 0 Å². The largest absolute Gasteiger partial charge is 0.493 e. The molecule has 9 nitrogen and oxygen atoms in total. The van der Waals surface area contributed by atoms with E-state index in [1.165, 1.54) is 30.3 Å². The number of ether oxygens (including phenoxy) is 2. The standard InChI is InChI=1S/C24H18BrN3O6/c1-33-21-12-16(11-19-23(29)26-27(24(19)30)17-7-3-2-4-8-17)20(25)13-22(21)34-14-15-6-5-9-18(10-15)28(31)32/h2-13H,14H2,1H3,(H,26,29)/b19-11-. The van der Waals surface area contributed by atoms with Gasteiger partial charge in [0, 0.05) is 16.6 Å². The van der Waals surface area contributed by atoms with Crippen molar-refractivity contribution in [1.82, 2.24) is 5.43 Å². The molecule has 1 heterocycles. The van der Waals surface area contributed by atoms with Gasteiger partial charge in [-0.25, -0.2) is 5.01 Å². The van der Waals surface area contributed by atoms with E-state index in [0.29, 0.717) is 32.8 Å². The van der Waals surface area contributed by atoms with E-state index in [-0.39, 0.29) is 17.9 Å². The predicted molar refractivity (Wildman–Crippen MR) is 128 cm³/mol. The number of hydrogen-bond acceptors (Lipinski definition) is 6. The van der Waals surface area contributed by atoms with Gasteiger partial charge in [-0.3, -0.25) is 25.1 Å². The lowest BCUT2D eigenvalue weighted by Gasteiger charge is -2.14. The number of para-hydroxylation sites is 1. The van der Waals surface area contributed by atoms with E-state index in [9.17, 15) is 19.7 Å². The summed E-state index contributed by atoms with van der Waals surface area (Å²) in [4.78, 5) is 35.8. The molecule has 3 aromatic carbocycles. The molecule has 0 atom stereocenters. The molecule has 0 spiro atoms. The number of carbonyl (C=O) groups is 2. The fraction of sp³-hybridized carbons (Fsp3) is 0.0833. The Hall–Kier alpha value is -4.18. The number of rotatable bonds is 7. The minimum absolute atomic E-state index is 0.0275. The lowest BCUT2D eigenvalue weighted by atomic mass is 10.1. The quantitative estimate of drug-likeness (QED) is 0.212. The van der Waals surface area contributed by atoms with Gasteiger partial charge in [0.1, 0.15) is 12.2 Å². The third-order valence-electron chi connectivity index (χ3n) is 5.00. The number of halogens is 1. The Balaban J connectivity index is 1.58. The van der Waals surface area contributed by atoms with Gasteiger partial charge in [0.25, 0.3) is 17.5 Å². The highest BCUT2D eigenvalue weighted by molar-refractivity contribution is 9.10. The van der Waals surface area contributed by atoms with Crippen molar-refractivity contribution in [2.45, 2.75) is 6.61 Å². The molecule has 3 aromatic rings. The molecule has 1 saturated heterocycles. The molecule has 1 aliphatic heterocycles. The predicted octanol–water partition coefficient (Wildman–Crippen LogP) is 4.41. The number of nitro groups is 1. The summed E-state index contributed by atoms with van der Waals surface area (Å²) in [6.45, 7) is 0.0812. The monoisotopic (exact) mass is 523 g/mol. The van der Waals surface area contributed by atoms with E-state index in [4.69, 9.17) is 9.47 Å². The summed E-state index contributed by atoms with van der Waals surface area (Å²) in [6, 6.07) is 18.2. The number of nitrogens with one attached hydrogen (secondary N) is 1. The van der Waals surface area contributed by atoms with Gasteiger partial charge >= 0.3 is 0 Å². The number of nitro benzene ring substituents is 1. The lowest BCUT2D eigenvalue weighted by molar-refractivity contribution is -0.384. The molecule has 0 bridgehead atoms. The van der Waals surface area contributed by atoms with E-state index in [0.717, 1.165) is 0 Å². The second-order valence-corrected chi connectivity index (χ2v) is 8.07. The minimum Gasteiger partial charge on any atom is -0.493 e. The Labute approximate surface area is 202 Å². The maximum Gasteiger partial charge on any atom is 0.282 e. The van der Waals surface area contributed by atoms with Crippen LogP contribution in [0.25, 0.3) is 6.08 Å². The Bertz CT molecular complexity index is 1310. The van der Waals surface area contributed by atoms with Crippen LogP contribution in [0, 0.1) is 10.1 Å². The van der Waals surface area contributed by atoms with Gasteiger partial charge in [0.05, 0.1) is 17.7 Å². The van der Waals surface area contributed by atoms with Crippen LogP contribution in [0.15, 0.2) is 76.8 Å². The molecule has 1 fully saturated rings. The van der Waals surface area contributed by atoms with Gasteiger partial charge in [-0.15, -0.1) is 0 Å². The number of non-ortho nitro benzene ring substituents is 1. The highest BCUT2D eigenvalue weighted by Gasteiger charge is 2.34. The first kappa shape index (κ1) is 23.0. The van der Waals surface area contributed by atoms with E-state index in [1.54, 1.807) is 48.5 Å². The third-order valence-corrected chi connectivity index (χ3v) is 5.69. The van der Waals surface area contributed by atoms with Gasteiger partial charge in [0.15, 0.2) is 11.5 Å². The smallest absolute Gasteiger partial charge is 0.282 e. The van der Waals surface area contributed by atoms with Gasteiger partial charge in [-0.2, -0.15) is 0 Å². The van der Waals surface area contributed by atoms with Crippen LogP contribution < -0.4 is 19.9 Å². The first-order chi connectivity index (χ1) is 16.4. The van der Waals surface area contributed by atoms with Gasteiger partial charge in [-0.05, 0) is 41.5 Å². The molecule has 10 heteroatoms. The summed E-state index contributed by atoms with van der Waals surface area (Å²) < 4.78 is 11.8. The third kappa shape index (κ3) is 4.76. The zero-order valence-corrected chi connectivity index (χ0v) is 19.4. The van der Waals surface area contributed by atoms with E-state index >= 15 is 0 Å². The number of hydrogen-bond donors (Lipinski definition) is 1. The second kappa shape index (κ2) is 9.75. The number of anilines is 1. The van der Waals surface area contributed by atoms with Crippen molar-refractivity contribution in [1.29, 1.82) is 0 Å². The van der Waals surface area contributed by atoms with Crippen molar-refractivity contribution in [2.24, 2.45) is 0 Å². The molecular weight excluding hydrogens is 506 g/mol.